The van der Waals surface area contributed by atoms with Gasteiger partial charge in [0.05, 0.1) is 6.04 Å². The van der Waals surface area contributed by atoms with E-state index >= 15 is 0 Å². The van der Waals surface area contributed by atoms with Gasteiger partial charge in [0.15, 0.2) is 11.6 Å². The highest BCUT2D eigenvalue weighted by Gasteiger charge is 2.20. The summed E-state index contributed by atoms with van der Waals surface area (Å²) in [7, 11) is 1.65. The van der Waals surface area contributed by atoms with Gasteiger partial charge in [0.25, 0.3) is 5.91 Å². The van der Waals surface area contributed by atoms with Gasteiger partial charge < -0.3 is 4.90 Å². The number of hydrogen-bond acceptors (Lipinski definition) is 1. The van der Waals surface area contributed by atoms with Gasteiger partial charge in [-0.2, -0.15) is 0 Å². The summed E-state index contributed by atoms with van der Waals surface area (Å²) in [4.78, 5) is 14.0. The van der Waals surface area contributed by atoms with Crippen molar-refractivity contribution < 1.29 is 13.6 Å². The number of hydrogen-bond donors (Lipinski definition) is 0. The van der Waals surface area contributed by atoms with Crippen LogP contribution in [0.1, 0.15) is 34.5 Å². The van der Waals surface area contributed by atoms with Crippen LogP contribution in [0.25, 0.3) is 0 Å². The zero-order valence-electron chi connectivity index (χ0n) is 12.2. The molecule has 1 unspecified atom stereocenters. The van der Waals surface area contributed by atoms with Gasteiger partial charge >= 0.3 is 0 Å². The van der Waals surface area contributed by atoms with E-state index in [9.17, 15) is 13.6 Å². The molecule has 110 valence electrons. The van der Waals surface area contributed by atoms with Crippen molar-refractivity contribution in [3.63, 3.8) is 0 Å². The zero-order chi connectivity index (χ0) is 15.6. The van der Waals surface area contributed by atoms with Crippen molar-refractivity contribution in [2.75, 3.05) is 7.05 Å². The molecule has 2 aromatic rings. The third kappa shape index (κ3) is 3.10. The Labute approximate surface area is 123 Å². The number of rotatable bonds is 3. The van der Waals surface area contributed by atoms with Gasteiger partial charge in [-0.15, -0.1) is 0 Å². The van der Waals surface area contributed by atoms with Crippen LogP contribution >= 0.6 is 0 Å². The third-order valence-electron chi connectivity index (χ3n) is 3.70. The molecular formula is C17H17F2NO. The fraction of sp³-hybridized carbons (Fsp3) is 0.235. The smallest absolute Gasteiger partial charge is 0.254 e. The van der Waals surface area contributed by atoms with Crippen LogP contribution < -0.4 is 0 Å². The fourth-order valence-corrected chi connectivity index (χ4v) is 2.17. The van der Waals surface area contributed by atoms with Crippen molar-refractivity contribution in [3.8, 4) is 0 Å². The van der Waals surface area contributed by atoms with Crippen LogP contribution in [0.4, 0.5) is 8.78 Å². The first-order valence-electron chi connectivity index (χ1n) is 6.69. The molecule has 0 heterocycles. The van der Waals surface area contributed by atoms with Crippen LogP contribution in [0.15, 0.2) is 42.5 Å². The van der Waals surface area contributed by atoms with Gasteiger partial charge in [0, 0.05) is 12.6 Å². The average Bonchev–Trinajstić information content (AvgIpc) is 2.48. The van der Waals surface area contributed by atoms with E-state index in [-0.39, 0.29) is 11.9 Å². The summed E-state index contributed by atoms with van der Waals surface area (Å²) in [5, 5.41) is 0. The van der Waals surface area contributed by atoms with Crippen LogP contribution in [-0.2, 0) is 0 Å². The topological polar surface area (TPSA) is 20.3 Å². The standard InChI is InChI=1S/C17H17F2NO/c1-11-6-4-5-7-14(11)17(21)20(3)12(2)13-8-9-15(18)16(19)10-13/h4-10,12H,1-3H3. The zero-order valence-corrected chi connectivity index (χ0v) is 12.2. The minimum atomic E-state index is -0.906. The van der Waals surface area contributed by atoms with Gasteiger partial charge in [-0.1, -0.05) is 24.3 Å². The molecule has 2 rings (SSSR count). The highest BCUT2D eigenvalue weighted by Crippen LogP contribution is 2.23. The number of amides is 1. The van der Waals surface area contributed by atoms with Crippen molar-refractivity contribution in [2.45, 2.75) is 19.9 Å². The number of benzene rings is 2. The Kier molecular flexibility index (Phi) is 4.36. The molecular weight excluding hydrogens is 272 g/mol. The van der Waals surface area contributed by atoms with Crippen LogP contribution in [0.2, 0.25) is 0 Å². The first-order valence-corrected chi connectivity index (χ1v) is 6.69. The SMILES string of the molecule is Cc1ccccc1C(=O)N(C)C(C)c1ccc(F)c(F)c1. The van der Waals surface area contributed by atoms with Crippen molar-refractivity contribution in [3.05, 3.63) is 70.8 Å². The van der Waals surface area contributed by atoms with E-state index in [0.29, 0.717) is 11.1 Å². The number of carbonyl (C=O) groups is 1. The van der Waals surface area contributed by atoms with Gasteiger partial charge in [-0.3, -0.25) is 4.79 Å². The Morgan fingerprint density at radius 1 is 1.10 bits per heavy atom. The van der Waals surface area contributed by atoms with Gasteiger partial charge in [-0.05, 0) is 43.2 Å². The summed E-state index contributed by atoms with van der Waals surface area (Å²) in [5.74, 6) is -1.94. The summed E-state index contributed by atoms with van der Waals surface area (Å²) >= 11 is 0. The lowest BCUT2D eigenvalue weighted by Gasteiger charge is -2.26. The van der Waals surface area contributed by atoms with Gasteiger partial charge in [0.1, 0.15) is 0 Å². The Hall–Kier alpha value is -2.23. The molecule has 0 aliphatic carbocycles. The Morgan fingerprint density at radius 2 is 1.76 bits per heavy atom. The van der Waals surface area contributed by atoms with E-state index in [2.05, 4.69) is 0 Å². The molecule has 4 heteroatoms. The molecule has 0 saturated heterocycles. The molecule has 0 radical (unpaired) electrons. The van der Waals surface area contributed by atoms with Gasteiger partial charge in [-0.25, -0.2) is 8.78 Å². The Balaban J connectivity index is 2.26. The molecule has 0 bridgehead atoms. The molecule has 2 aromatic carbocycles. The van der Waals surface area contributed by atoms with E-state index < -0.39 is 11.6 Å². The highest BCUT2D eigenvalue weighted by molar-refractivity contribution is 5.95. The maximum Gasteiger partial charge on any atom is 0.254 e. The molecule has 0 aliphatic rings. The molecule has 21 heavy (non-hydrogen) atoms. The molecule has 1 atom stereocenters. The molecule has 0 fully saturated rings. The van der Waals surface area contributed by atoms with Crippen molar-refractivity contribution in [2.24, 2.45) is 0 Å². The second-order valence-electron chi connectivity index (χ2n) is 5.08. The summed E-state index contributed by atoms with van der Waals surface area (Å²) in [6.07, 6.45) is 0. The maximum atomic E-state index is 13.3. The van der Waals surface area contributed by atoms with Crippen molar-refractivity contribution in [1.82, 2.24) is 4.90 Å². The number of carbonyl (C=O) groups excluding carboxylic acids is 1. The number of nitrogens with zero attached hydrogens (tertiary/aromatic N) is 1. The second kappa shape index (κ2) is 6.04. The van der Waals surface area contributed by atoms with E-state index in [4.69, 9.17) is 0 Å². The van der Waals surface area contributed by atoms with Crippen LogP contribution in [0.5, 0.6) is 0 Å². The molecule has 0 aromatic heterocycles. The van der Waals surface area contributed by atoms with Crippen LogP contribution in [-0.4, -0.2) is 17.9 Å². The lowest BCUT2D eigenvalue weighted by molar-refractivity contribution is 0.0741. The van der Waals surface area contributed by atoms with Crippen molar-refractivity contribution in [1.29, 1.82) is 0 Å². The first-order chi connectivity index (χ1) is 9.91. The lowest BCUT2D eigenvalue weighted by atomic mass is 10.0. The quantitative estimate of drug-likeness (QED) is 0.833. The predicted molar refractivity (Wildman–Crippen MR) is 78.0 cm³/mol. The first kappa shape index (κ1) is 15.2. The normalized spacial score (nSPS) is 12.0. The monoisotopic (exact) mass is 289 g/mol. The second-order valence-corrected chi connectivity index (χ2v) is 5.08. The molecule has 0 saturated carbocycles. The highest BCUT2D eigenvalue weighted by atomic mass is 19.2. The number of halogens is 2. The maximum absolute atomic E-state index is 13.3. The number of aryl methyl sites for hydroxylation is 1. The van der Waals surface area contributed by atoms with Crippen molar-refractivity contribution >= 4 is 5.91 Å². The van der Waals surface area contributed by atoms with Crippen LogP contribution in [0.3, 0.4) is 0 Å². The van der Waals surface area contributed by atoms with E-state index in [1.807, 2.05) is 19.1 Å². The average molecular weight is 289 g/mol. The Bertz CT molecular complexity index is 670. The van der Waals surface area contributed by atoms with Crippen LogP contribution in [0, 0.1) is 18.6 Å². The molecule has 2 nitrogen and oxygen atoms in total. The van der Waals surface area contributed by atoms with E-state index in [1.165, 1.54) is 11.0 Å². The van der Waals surface area contributed by atoms with Gasteiger partial charge in [0.2, 0.25) is 0 Å². The summed E-state index contributed by atoms with van der Waals surface area (Å²) < 4.78 is 26.3. The lowest BCUT2D eigenvalue weighted by Crippen LogP contribution is -2.30. The molecule has 0 N–H and O–H groups in total. The molecule has 0 spiro atoms. The van der Waals surface area contributed by atoms with E-state index in [0.717, 1.165) is 17.7 Å². The fourth-order valence-electron chi connectivity index (χ4n) is 2.17. The predicted octanol–water partition coefficient (Wildman–Crippen LogP) is 4.11. The Morgan fingerprint density at radius 3 is 2.38 bits per heavy atom. The minimum Gasteiger partial charge on any atom is -0.335 e. The summed E-state index contributed by atoms with van der Waals surface area (Å²) in [6, 6.07) is 10.6. The molecule has 1 amide bonds. The largest absolute Gasteiger partial charge is 0.335 e. The summed E-state index contributed by atoms with van der Waals surface area (Å²) in [6.45, 7) is 3.64. The summed E-state index contributed by atoms with van der Waals surface area (Å²) in [5.41, 5.74) is 2.04. The third-order valence-corrected chi connectivity index (χ3v) is 3.70. The van der Waals surface area contributed by atoms with E-state index in [1.54, 1.807) is 26.1 Å². The minimum absolute atomic E-state index is 0.148. The molecule has 0 aliphatic heterocycles.